The molecule has 3 nitrogen and oxygen atoms in total. The van der Waals surface area contributed by atoms with Crippen LogP contribution in [0.2, 0.25) is 0 Å². The highest BCUT2D eigenvalue weighted by Gasteiger charge is 2.08. The summed E-state index contributed by atoms with van der Waals surface area (Å²) in [5.74, 6) is 0. The summed E-state index contributed by atoms with van der Waals surface area (Å²) in [6, 6.07) is 11.2. The predicted molar refractivity (Wildman–Crippen MR) is 74.5 cm³/mol. The standard InChI is InChI=1S/C15H21N3/c1-16-15(10-14-11-17-18(2)12-14)9-8-13-6-4-3-5-7-13/h3-7,11-12,15-16H,8-10H2,1-2H3. The minimum absolute atomic E-state index is 0.509. The number of aryl methyl sites for hydroxylation is 2. The highest BCUT2D eigenvalue weighted by molar-refractivity contribution is 5.15. The zero-order valence-corrected chi connectivity index (χ0v) is 11.1. The molecular weight excluding hydrogens is 222 g/mol. The third-order valence-electron chi connectivity index (χ3n) is 3.27. The molecule has 1 heterocycles. The van der Waals surface area contributed by atoms with Crippen LogP contribution in [-0.2, 0) is 19.9 Å². The number of nitrogens with zero attached hydrogens (tertiary/aromatic N) is 2. The molecule has 0 bridgehead atoms. The minimum atomic E-state index is 0.509. The van der Waals surface area contributed by atoms with Gasteiger partial charge in [0.2, 0.25) is 0 Å². The van der Waals surface area contributed by atoms with E-state index in [4.69, 9.17) is 0 Å². The lowest BCUT2D eigenvalue weighted by atomic mass is 10.0. The number of benzene rings is 1. The van der Waals surface area contributed by atoms with Crippen molar-refractivity contribution in [3.63, 3.8) is 0 Å². The van der Waals surface area contributed by atoms with Crippen LogP contribution in [0.15, 0.2) is 42.7 Å². The Morgan fingerprint density at radius 3 is 2.61 bits per heavy atom. The second kappa shape index (κ2) is 6.36. The van der Waals surface area contributed by atoms with Gasteiger partial charge in [-0.2, -0.15) is 5.10 Å². The molecule has 0 saturated carbocycles. The lowest BCUT2D eigenvalue weighted by Crippen LogP contribution is -2.28. The van der Waals surface area contributed by atoms with Crippen LogP contribution in [0.1, 0.15) is 17.5 Å². The molecule has 0 aliphatic carbocycles. The van der Waals surface area contributed by atoms with E-state index in [1.807, 2.05) is 25.0 Å². The average molecular weight is 243 g/mol. The quantitative estimate of drug-likeness (QED) is 0.843. The number of hydrogen-bond acceptors (Lipinski definition) is 2. The predicted octanol–water partition coefficient (Wildman–Crippen LogP) is 2.18. The summed E-state index contributed by atoms with van der Waals surface area (Å²) in [6.07, 6.45) is 7.35. The van der Waals surface area contributed by atoms with Gasteiger partial charge in [-0.25, -0.2) is 0 Å². The summed E-state index contributed by atoms with van der Waals surface area (Å²) in [7, 11) is 3.99. The highest BCUT2D eigenvalue weighted by atomic mass is 15.2. The summed E-state index contributed by atoms with van der Waals surface area (Å²) in [6.45, 7) is 0. The molecule has 96 valence electrons. The lowest BCUT2D eigenvalue weighted by Gasteiger charge is -2.15. The molecule has 1 atom stereocenters. The van der Waals surface area contributed by atoms with E-state index in [-0.39, 0.29) is 0 Å². The van der Waals surface area contributed by atoms with Crippen LogP contribution >= 0.6 is 0 Å². The summed E-state index contributed by atoms with van der Waals surface area (Å²) < 4.78 is 1.86. The molecule has 2 rings (SSSR count). The normalized spacial score (nSPS) is 12.6. The van der Waals surface area contributed by atoms with Crippen molar-refractivity contribution < 1.29 is 0 Å². The van der Waals surface area contributed by atoms with E-state index in [0.717, 1.165) is 19.3 Å². The van der Waals surface area contributed by atoms with Crippen LogP contribution in [0.3, 0.4) is 0 Å². The summed E-state index contributed by atoms with van der Waals surface area (Å²) >= 11 is 0. The van der Waals surface area contributed by atoms with Crippen molar-refractivity contribution in [2.45, 2.75) is 25.3 Å². The van der Waals surface area contributed by atoms with E-state index in [2.05, 4.69) is 46.9 Å². The van der Waals surface area contributed by atoms with Crippen LogP contribution in [0.5, 0.6) is 0 Å². The molecule has 1 N–H and O–H groups in total. The van der Waals surface area contributed by atoms with Gasteiger partial charge < -0.3 is 5.32 Å². The second-order valence-corrected chi connectivity index (χ2v) is 4.74. The molecule has 0 saturated heterocycles. The molecule has 0 aliphatic heterocycles. The Bertz CT molecular complexity index is 462. The largest absolute Gasteiger partial charge is 0.317 e. The van der Waals surface area contributed by atoms with Gasteiger partial charge in [0.05, 0.1) is 6.20 Å². The number of aromatic nitrogens is 2. The minimum Gasteiger partial charge on any atom is -0.317 e. The Morgan fingerprint density at radius 1 is 1.22 bits per heavy atom. The van der Waals surface area contributed by atoms with Crippen LogP contribution < -0.4 is 5.32 Å². The first-order chi connectivity index (χ1) is 8.78. The molecule has 2 aromatic rings. The van der Waals surface area contributed by atoms with Crippen LogP contribution in [-0.4, -0.2) is 22.9 Å². The monoisotopic (exact) mass is 243 g/mol. The molecule has 1 aromatic carbocycles. The Kier molecular flexibility index (Phi) is 4.53. The Morgan fingerprint density at radius 2 is 2.00 bits per heavy atom. The SMILES string of the molecule is CNC(CCc1ccccc1)Cc1cnn(C)c1. The van der Waals surface area contributed by atoms with Crippen molar-refractivity contribution in [1.82, 2.24) is 15.1 Å². The topological polar surface area (TPSA) is 29.9 Å². The Balaban J connectivity index is 1.86. The lowest BCUT2D eigenvalue weighted by molar-refractivity contribution is 0.520. The fraction of sp³-hybridized carbons (Fsp3) is 0.400. The maximum absolute atomic E-state index is 4.21. The van der Waals surface area contributed by atoms with E-state index in [0.29, 0.717) is 6.04 Å². The van der Waals surface area contributed by atoms with Crippen LogP contribution in [0.4, 0.5) is 0 Å². The van der Waals surface area contributed by atoms with E-state index in [9.17, 15) is 0 Å². The highest BCUT2D eigenvalue weighted by Crippen LogP contribution is 2.09. The smallest absolute Gasteiger partial charge is 0.0522 e. The third-order valence-corrected chi connectivity index (χ3v) is 3.27. The number of rotatable bonds is 6. The fourth-order valence-electron chi connectivity index (χ4n) is 2.20. The van der Waals surface area contributed by atoms with Gasteiger partial charge in [-0.15, -0.1) is 0 Å². The van der Waals surface area contributed by atoms with Gasteiger partial charge in [-0.3, -0.25) is 4.68 Å². The molecule has 0 fully saturated rings. The summed E-state index contributed by atoms with van der Waals surface area (Å²) in [5.41, 5.74) is 2.70. The first-order valence-electron chi connectivity index (χ1n) is 6.46. The van der Waals surface area contributed by atoms with Gasteiger partial charge in [-0.1, -0.05) is 30.3 Å². The van der Waals surface area contributed by atoms with Gasteiger partial charge in [0.25, 0.3) is 0 Å². The van der Waals surface area contributed by atoms with Crippen molar-refractivity contribution in [3.05, 3.63) is 53.9 Å². The number of hydrogen-bond donors (Lipinski definition) is 1. The van der Waals surface area contributed by atoms with Crippen molar-refractivity contribution in [2.75, 3.05) is 7.05 Å². The molecule has 0 radical (unpaired) electrons. The maximum atomic E-state index is 4.21. The summed E-state index contributed by atoms with van der Waals surface area (Å²) in [4.78, 5) is 0. The van der Waals surface area contributed by atoms with Gasteiger partial charge >= 0.3 is 0 Å². The van der Waals surface area contributed by atoms with Crippen molar-refractivity contribution in [2.24, 2.45) is 7.05 Å². The molecule has 0 amide bonds. The number of nitrogens with one attached hydrogen (secondary N) is 1. The zero-order valence-electron chi connectivity index (χ0n) is 11.1. The number of likely N-dealkylation sites (N-methyl/N-ethyl adjacent to an activating group) is 1. The fourth-order valence-corrected chi connectivity index (χ4v) is 2.20. The van der Waals surface area contributed by atoms with E-state index in [1.54, 1.807) is 0 Å². The zero-order chi connectivity index (χ0) is 12.8. The first-order valence-corrected chi connectivity index (χ1v) is 6.46. The van der Waals surface area contributed by atoms with Crippen LogP contribution in [0, 0.1) is 0 Å². The maximum Gasteiger partial charge on any atom is 0.0522 e. The van der Waals surface area contributed by atoms with Gasteiger partial charge in [-0.05, 0) is 37.4 Å². The molecule has 1 unspecified atom stereocenters. The average Bonchev–Trinajstić information content (AvgIpc) is 2.81. The molecule has 3 heteroatoms. The van der Waals surface area contributed by atoms with Crippen LogP contribution in [0.25, 0.3) is 0 Å². The van der Waals surface area contributed by atoms with Gasteiger partial charge in [0.1, 0.15) is 0 Å². The molecule has 1 aromatic heterocycles. The van der Waals surface area contributed by atoms with Crippen molar-refractivity contribution in [1.29, 1.82) is 0 Å². The molecular formula is C15H21N3. The molecule has 0 aliphatic rings. The Labute approximate surface area is 109 Å². The van der Waals surface area contributed by atoms with E-state index < -0.39 is 0 Å². The van der Waals surface area contributed by atoms with Gasteiger partial charge in [0.15, 0.2) is 0 Å². The molecule has 0 spiro atoms. The molecule has 18 heavy (non-hydrogen) atoms. The van der Waals surface area contributed by atoms with Gasteiger partial charge in [0, 0.05) is 19.3 Å². The Hall–Kier alpha value is -1.61. The first kappa shape index (κ1) is 12.8. The second-order valence-electron chi connectivity index (χ2n) is 4.74. The third kappa shape index (κ3) is 3.70. The summed E-state index contributed by atoms with van der Waals surface area (Å²) in [5, 5.41) is 7.60. The van der Waals surface area contributed by atoms with E-state index >= 15 is 0 Å². The van der Waals surface area contributed by atoms with Crippen molar-refractivity contribution >= 4 is 0 Å². The van der Waals surface area contributed by atoms with E-state index in [1.165, 1.54) is 11.1 Å². The van der Waals surface area contributed by atoms with Crippen molar-refractivity contribution in [3.8, 4) is 0 Å².